The maximum atomic E-state index is 12.4. The number of para-hydroxylation sites is 1. The lowest BCUT2D eigenvalue weighted by molar-refractivity contribution is -0.120. The van der Waals surface area contributed by atoms with Crippen molar-refractivity contribution in [1.82, 2.24) is 4.90 Å². The van der Waals surface area contributed by atoms with Crippen molar-refractivity contribution in [2.45, 2.75) is 19.5 Å². The van der Waals surface area contributed by atoms with E-state index in [9.17, 15) is 4.79 Å². The average Bonchev–Trinajstić information content (AvgIpc) is 2.58. The fourth-order valence-corrected chi connectivity index (χ4v) is 2.58. The molecule has 1 amide bonds. The van der Waals surface area contributed by atoms with Gasteiger partial charge in [-0.15, -0.1) is 0 Å². The minimum atomic E-state index is -0.410. The molecule has 0 bridgehead atoms. The van der Waals surface area contributed by atoms with Gasteiger partial charge in [-0.25, -0.2) is 0 Å². The molecule has 124 valence electrons. The number of rotatable bonds is 5. The quantitative estimate of drug-likeness (QED) is 0.862. The number of carbonyl (C=O) groups is 1. The summed E-state index contributed by atoms with van der Waals surface area (Å²) in [5.74, 6) is -0.196. The molecule has 0 aliphatic carbocycles. The van der Waals surface area contributed by atoms with Crippen LogP contribution < -0.4 is 5.32 Å². The van der Waals surface area contributed by atoms with E-state index in [1.54, 1.807) is 37.3 Å². The van der Waals surface area contributed by atoms with Crippen LogP contribution in [0.2, 0.25) is 10.0 Å². The Morgan fingerprint density at radius 3 is 2.67 bits per heavy atom. The van der Waals surface area contributed by atoms with Crippen LogP contribution in [0, 0.1) is 11.3 Å². The molecule has 0 radical (unpaired) electrons. The molecule has 4 nitrogen and oxygen atoms in total. The molecule has 0 saturated carbocycles. The molecule has 2 aromatic carbocycles. The first-order valence-corrected chi connectivity index (χ1v) is 8.12. The zero-order valence-corrected chi connectivity index (χ0v) is 14.9. The minimum absolute atomic E-state index is 0.196. The second kappa shape index (κ2) is 8.16. The molecule has 0 unspecified atom stereocenters. The lowest BCUT2D eigenvalue weighted by Crippen LogP contribution is -2.39. The van der Waals surface area contributed by atoms with Gasteiger partial charge < -0.3 is 5.32 Å². The standard InChI is InChI=1S/C18H17Cl2N3O/c1-12(18(24)22-16-9-4-3-6-13(16)10-21)23(2)11-14-7-5-8-15(19)17(14)20/h3-9,12H,11H2,1-2H3,(H,22,24)/t12-/m0/s1. The summed E-state index contributed by atoms with van der Waals surface area (Å²) in [6.07, 6.45) is 0. The van der Waals surface area contributed by atoms with Crippen molar-refractivity contribution >= 4 is 34.8 Å². The summed E-state index contributed by atoms with van der Waals surface area (Å²) in [4.78, 5) is 14.3. The summed E-state index contributed by atoms with van der Waals surface area (Å²) < 4.78 is 0. The molecule has 2 rings (SSSR count). The summed E-state index contributed by atoms with van der Waals surface area (Å²) in [5.41, 5.74) is 1.79. The number of benzene rings is 2. The highest BCUT2D eigenvalue weighted by Crippen LogP contribution is 2.26. The number of anilines is 1. The maximum absolute atomic E-state index is 12.4. The van der Waals surface area contributed by atoms with Gasteiger partial charge in [-0.1, -0.05) is 47.5 Å². The van der Waals surface area contributed by atoms with Gasteiger partial charge in [-0.05, 0) is 37.7 Å². The predicted molar refractivity (Wildman–Crippen MR) is 97.2 cm³/mol. The highest BCUT2D eigenvalue weighted by Gasteiger charge is 2.20. The number of hydrogen-bond donors (Lipinski definition) is 1. The number of nitrogens with zero attached hydrogens (tertiary/aromatic N) is 2. The van der Waals surface area contributed by atoms with Gasteiger partial charge in [-0.2, -0.15) is 5.26 Å². The maximum Gasteiger partial charge on any atom is 0.241 e. The number of carbonyl (C=O) groups excluding carboxylic acids is 1. The first kappa shape index (κ1) is 18.3. The SMILES string of the molecule is C[C@@H](C(=O)Nc1ccccc1C#N)N(C)Cc1cccc(Cl)c1Cl. The second-order valence-electron chi connectivity index (χ2n) is 5.45. The van der Waals surface area contributed by atoms with Crippen molar-refractivity contribution in [3.05, 3.63) is 63.6 Å². The number of nitrogens with one attached hydrogen (secondary N) is 1. The molecular formula is C18H17Cl2N3O. The van der Waals surface area contributed by atoms with Crippen LogP contribution in [-0.2, 0) is 11.3 Å². The minimum Gasteiger partial charge on any atom is -0.324 e. The topological polar surface area (TPSA) is 56.1 Å². The van der Waals surface area contributed by atoms with E-state index in [0.29, 0.717) is 27.8 Å². The van der Waals surface area contributed by atoms with Crippen LogP contribution in [0.5, 0.6) is 0 Å². The molecule has 1 atom stereocenters. The molecule has 1 N–H and O–H groups in total. The highest BCUT2D eigenvalue weighted by molar-refractivity contribution is 6.42. The Labute approximate surface area is 151 Å². The molecular weight excluding hydrogens is 345 g/mol. The van der Waals surface area contributed by atoms with Crippen molar-refractivity contribution in [2.24, 2.45) is 0 Å². The van der Waals surface area contributed by atoms with E-state index in [1.165, 1.54) is 0 Å². The zero-order chi connectivity index (χ0) is 17.7. The summed E-state index contributed by atoms with van der Waals surface area (Å²) in [6, 6.07) is 14.0. The predicted octanol–water partition coefficient (Wildman–Crippen LogP) is 4.32. The Balaban J connectivity index is 2.07. The smallest absolute Gasteiger partial charge is 0.241 e. The Morgan fingerprint density at radius 1 is 1.25 bits per heavy atom. The number of halogens is 2. The fraction of sp³-hybridized carbons (Fsp3) is 0.222. The lowest BCUT2D eigenvalue weighted by Gasteiger charge is -2.24. The van der Waals surface area contributed by atoms with Gasteiger partial charge in [0.25, 0.3) is 0 Å². The molecule has 0 spiro atoms. The molecule has 0 heterocycles. The van der Waals surface area contributed by atoms with Crippen LogP contribution in [0.25, 0.3) is 0 Å². The van der Waals surface area contributed by atoms with Crippen LogP contribution in [0.15, 0.2) is 42.5 Å². The molecule has 2 aromatic rings. The van der Waals surface area contributed by atoms with E-state index in [0.717, 1.165) is 5.56 Å². The van der Waals surface area contributed by atoms with Crippen LogP contribution in [0.4, 0.5) is 5.69 Å². The van der Waals surface area contributed by atoms with E-state index >= 15 is 0 Å². The fourth-order valence-electron chi connectivity index (χ4n) is 2.20. The van der Waals surface area contributed by atoms with Crippen LogP contribution in [0.1, 0.15) is 18.1 Å². The number of amides is 1. The van der Waals surface area contributed by atoms with E-state index in [1.807, 2.05) is 24.1 Å². The summed E-state index contributed by atoms with van der Waals surface area (Å²) in [6.45, 7) is 2.27. The van der Waals surface area contributed by atoms with Crippen molar-refractivity contribution < 1.29 is 4.79 Å². The van der Waals surface area contributed by atoms with Crippen molar-refractivity contribution in [3.8, 4) is 6.07 Å². The molecule has 0 aromatic heterocycles. The monoisotopic (exact) mass is 361 g/mol. The van der Waals surface area contributed by atoms with Crippen LogP contribution in [0.3, 0.4) is 0 Å². The molecule has 24 heavy (non-hydrogen) atoms. The summed E-state index contributed by atoms with van der Waals surface area (Å²) >= 11 is 12.2. The summed E-state index contributed by atoms with van der Waals surface area (Å²) in [7, 11) is 1.83. The van der Waals surface area contributed by atoms with Gasteiger partial charge in [-0.3, -0.25) is 9.69 Å². The zero-order valence-electron chi connectivity index (χ0n) is 13.4. The van der Waals surface area contributed by atoms with Crippen LogP contribution >= 0.6 is 23.2 Å². The Morgan fingerprint density at radius 2 is 1.96 bits per heavy atom. The Hall–Kier alpha value is -2.06. The third-order valence-corrected chi connectivity index (χ3v) is 4.66. The first-order chi connectivity index (χ1) is 11.4. The van der Waals surface area contributed by atoms with E-state index < -0.39 is 6.04 Å². The summed E-state index contributed by atoms with van der Waals surface area (Å²) in [5, 5.41) is 12.9. The van der Waals surface area contributed by atoms with Gasteiger partial charge in [0.05, 0.1) is 27.3 Å². The lowest BCUT2D eigenvalue weighted by atomic mass is 10.1. The normalized spacial score (nSPS) is 11.8. The second-order valence-corrected chi connectivity index (χ2v) is 6.24. The van der Waals surface area contributed by atoms with Crippen molar-refractivity contribution in [3.63, 3.8) is 0 Å². The van der Waals surface area contributed by atoms with E-state index in [-0.39, 0.29) is 5.91 Å². The molecule has 6 heteroatoms. The van der Waals surface area contributed by atoms with Crippen LogP contribution in [-0.4, -0.2) is 23.9 Å². The Bertz CT molecular complexity index is 786. The molecule has 0 aliphatic heterocycles. The number of hydrogen-bond acceptors (Lipinski definition) is 3. The third kappa shape index (κ3) is 4.27. The first-order valence-electron chi connectivity index (χ1n) is 7.37. The van der Waals surface area contributed by atoms with Gasteiger partial charge >= 0.3 is 0 Å². The van der Waals surface area contributed by atoms with E-state index in [4.69, 9.17) is 28.5 Å². The van der Waals surface area contributed by atoms with Gasteiger partial charge in [0.1, 0.15) is 6.07 Å². The van der Waals surface area contributed by atoms with Gasteiger partial charge in [0.15, 0.2) is 0 Å². The molecule has 0 aliphatic rings. The average molecular weight is 362 g/mol. The third-order valence-electron chi connectivity index (χ3n) is 3.80. The van der Waals surface area contributed by atoms with Gasteiger partial charge in [0, 0.05) is 6.54 Å². The van der Waals surface area contributed by atoms with Gasteiger partial charge in [0.2, 0.25) is 5.91 Å². The Kier molecular flexibility index (Phi) is 6.22. The van der Waals surface area contributed by atoms with Crippen molar-refractivity contribution in [1.29, 1.82) is 5.26 Å². The number of nitriles is 1. The number of likely N-dealkylation sites (N-methyl/N-ethyl adjacent to an activating group) is 1. The molecule has 0 saturated heterocycles. The largest absolute Gasteiger partial charge is 0.324 e. The molecule has 0 fully saturated rings. The van der Waals surface area contributed by atoms with E-state index in [2.05, 4.69) is 11.4 Å². The van der Waals surface area contributed by atoms with Crippen molar-refractivity contribution in [2.75, 3.05) is 12.4 Å². The highest BCUT2D eigenvalue weighted by atomic mass is 35.5.